The summed E-state index contributed by atoms with van der Waals surface area (Å²) < 4.78 is 4.70. The SMILES string of the molecule is COC(=O)c1ccc(-c2cc(-c3cc(Cl)ccc3Cl)nc(N)c2C#N)cc1. The van der Waals surface area contributed by atoms with Crippen molar-refractivity contribution < 1.29 is 9.53 Å². The number of esters is 1. The van der Waals surface area contributed by atoms with Gasteiger partial charge < -0.3 is 10.5 Å². The Hall–Kier alpha value is -3.07. The highest BCUT2D eigenvalue weighted by atomic mass is 35.5. The molecule has 2 aromatic carbocycles. The minimum atomic E-state index is -0.442. The van der Waals surface area contributed by atoms with Crippen LogP contribution in [0.15, 0.2) is 48.5 Å². The molecule has 1 heterocycles. The van der Waals surface area contributed by atoms with Gasteiger partial charge in [0, 0.05) is 16.1 Å². The normalized spacial score (nSPS) is 10.3. The number of benzene rings is 2. The highest BCUT2D eigenvalue weighted by molar-refractivity contribution is 6.35. The van der Waals surface area contributed by atoms with Crippen molar-refractivity contribution in [1.29, 1.82) is 5.26 Å². The van der Waals surface area contributed by atoms with E-state index in [2.05, 4.69) is 11.1 Å². The summed E-state index contributed by atoms with van der Waals surface area (Å²) in [6.07, 6.45) is 0. The largest absolute Gasteiger partial charge is 0.465 e. The third-order valence-electron chi connectivity index (χ3n) is 3.98. The number of aromatic nitrogens is 1. The number of carbonyl (C=O) groups excluding carboxylic acids is 1. The first-order chi connectivity index (χ1) is 12.9. The molecule has 0 bridgehead atoms. The van der Waals surface area contributed by atoms with Crippen molar-refractivity contribution in [2.75, 3.05) is 12.8 Å². The number of nitrogen functional groups attached to an aromatic ring is 1. The van der Waals surface area contributed by atoms with Gasteiger partial charge in [-0.3, -0.25) is 0 Å². The summed E-state index contributed by atoms with van der Waals surface area (Å²) in [5, 5.41) is 10.5. The van der Waals surface area contributed by atoms with Crippen molar-refractivity contribution in [3.63, 3.8) is 0 Å². The predicted octanol–water partition coefficient (Wildman–Crippen LogP) is 4.96. The Bertz CT molecular complexity index is 1070. The van der Waals surface area contributed by atoms with Crippen molar-refractivity contribution in [3.05, 3.63) is 69.7 Å². The lowest BCUT2D eigenvalue weighted by atomic mass is 9.97. The van der Waals surface area contributed by atoms with Crippen LogP contribution >= 0.6 is 23.2 Å². The Kier molecular flexibility index (Phi) is 5.31. The van der Waals surface area contributed by atoms with Gasteiger partial charge in [0.15, 0.2) is 0 Å². The molecule has 134 valence electrons. The quantitative estimate of drug-likeness (QED) is 0.630. The van der Waals surface area contributed by atoms with Crippen molar-refractivity contribution in [3.8, 4) is 28.5 Å². The van der Waals surface area contributed by atoms with Gasteiger partial charge in [-0.2, -0.15) is 5.26 Å². The number of carbonyl (C=O) groups is 1. The zero-order valence-corrected chi connectivity index (χ0v) is 15.7. The summed E-state index contributed by atoms with van der Waals surface area (Å²) in [6.45, 7) is 0. The standard InChI is InChI=1S/C20H13Cl2N3O2/c1-27-20(26)12-4-2-11(3-5-12)14-9-18(25-19(24)16(14)10-23)15-8-13(21)6-7-17(15)22/h2-9H,1H3,(H2,24,25). The molecule has 3 rings (SSSR count). The predicted molar refractivity (Wildman–Crippen MR) is 106 cm³/mol. The van der Waals surface area contributed by atoms with E-state index in [0.717, 1.165) is 0 Å². The molecule has 0 radical (unpaired) electrons. The second kappa shape index (κ2) is 7.67. The summed E-state index contributed by atoms with van der Waals surface area (Å²) in [5.74, 6) is -0.360. The third-order valence-corrected chi connectivity index (χ3v) is 4.55. The van der Waals surface area contributed by atoms with Crippen LogP contribution in [0, 0.1) is 11.3 Å². The number of ether oxygens (including phenoxy) is 1. The molecule has 7 heteroatoms. The van der Waals surface area contributed by atoms with Gasteiger partial charge in [-0.05, 0) is 42.0 Å². The number of methoxy groups -OCH3 is 1. The molecular formula is C20H13Cl2N3O2. The topological polar surface area (TPSA) is 89.0 Å². The molecule has 2 N–H and O–H groups in total. The number of nitrogens with zero attached hydrogens (tertiary/aromatic N) is 2. The monoisotopic (exact) mass is 397 g/mol. The fraction of sp³-hybridized carbons (Fsp3) is 0.0500. The number of pyridine rings is 1. The maximum atomic E-state index is 11.6. The van der Waals surface area contributed by atoms with Crippen LogP contribution in [-0.4, -0.2) is 18.1 Å². The fourth-order valence-electron chi connectivity index (χ4n) is 2.65. The Balaban J connectivity index is 2.17. The van der Waals surface area contributed by atoms with Crippen LogP contribution in [-0.2, 0) is 4.74 Å². The summed E-state index contributed by atoms with van der Waals surface area (Å²) in [4.78, 5) is 15.9. The average Bonchev–Trinajstić information content (AvgIpc) is 2.68. The van der Waals surface area contributed by atoms with E-state index in [-0.39, 0.29) is 11.4 Å². The number of halogens is 2. The van der Waals surface area contributed by atoms with E-state index in [1.807, 2.05) is 0 Å². The second-order valence-electron chi connectivity index (χ2n) is 5.62. The lowest BCUT2D eigenvalue weighted by molar-refractivity contribution is 0.0601. The van der Waals surface area contributed by atoms with Crippen LogP contribution in [0.1, 0.15) is 15.9 Å². The number of nitriles is 1. The number of hydrogen-bond donors (Lipinski definition) is 1. The molecule has 5 nitrogen and oxygen atoms in total. The minimum absolute atomic E-state index is 0.0816. The Morgan fingerprint density at radius 2 is 1.81 bits per heavy atom. The number of hydrogen-bond acceptors (Lipinski definition) is 5. The molecule has 1 aromatic heterocycles. The molecule has 0 aliphatic rings. The summed E-state index contributed by atoms with van der Waals surface area (Å²) in [5.41, 5.74) is 9.03. The maximum absolute atomic E-state index is 11.6. The van der Waals surface area contributed by atoms with Gasteiger partial charge in [-0.1, -0.05) is 35.3 Å². The third kappa shape index (κ3) is 3.72. The summed E-state index contributed by atoms with van der Waals surface area (Å²) in [6, 6.07) is 15.5. The molecule has 0 unspecified atom stereocenters. The van der Waals surface area contributed by atoms with Gasteiger partial charge in [0.2, 0.25) is 0 Å². The highest BCUT2D eigenvalue weighted by Crippen LogP contribution is 2.35. The van der Waals surface area contributed by atoms with E-state index in [1.165, 1.54) is 7.11 Å². The Morgan fingerprint density at radius 3 is 2.44 bits per heavy atom. The molecule has 0 saturated heterocycles. The smallest absolute Gasteiger partial charge is 0.337 e. The molecule has 3 aromatic rings. The van der Waals surface area contributed by atoms with Gasteiger partial charge >= 0.3 is 5.97 Å². The summed E-state index contributed by atoms with van der Waals surface area (Å²) >= 11 is 12.3. The maximum Gasteiger partial charge on any atom is 0.337 e. The molecule has 0 spiro atoms. The van der Waals surface area contributed by atoms with Crippen molar-refractivity contribution in [2.24, 2.45) is 0 Å². The molecule has 0 atom stereocenters. The van der Waals surface area contributed by atoms with Crippen molar-refractivity contribution >= 4 is 35.0 Å². The molecule has 0 fully saturated rings. The highest BCUT2D eigenvalue weighted by Gasteiger charge is 2.16. The van der Waals surface area contributed by atoms with Gasteiger partial charge in [-0.25, -0.2) is 9.78 Å². The van der Waals surface area contributed by atoms with Crippen molar-refractivity contribution in [2.45, 2.75) is 0 Å². The van der Waals surface area contributed by atoms with Crippen LogP contribution in [0.4, 0.5) is 5.82 Å². The average molecular weight is 398 g/mol. The molecule has 27 heavy (non-hydrogen) atoms. The fourth-order valence-corrected chi connectivity index (χ4v) is 3.03. The Morgan fingerprint density at radius 1 is 1.11 bits per heavy atom. The van der Waals surface area contributed by atoms with E-state index in [1.54, 1.807) is 48.5 Å². The first kappa shape index (κ1) is 18.7. The van der Waals surface area contributed by atoms with Gasteiger partial charge in [0.25, 0.3) is 0 Å². The van der Waals surface area contributed by atoms with Crippen LogP contribution in [0.2, 0.25) is 10.0 Å². The minimum Gasteiger partial charge on any atom is -0.465 e. The Labute approximate surface area is 165 Å². The summed E-state index contributed by atoms with van der Waals surface area (Å²) in [7, 11) is 1.31. The molecular weight excluding hydrogens is 385 g/mol. The van der Waals surface area contributed by atoms with E-state index >= 15 is 0 Å². The second-order valence-corrected chi connectivity index (χ2v) is 6.46. The van der Waals surface area contributed by atoms with Gasteiger partial charge in [0.05, 0.1) is 23.4 Å². The molecule has 0 aliphatic carbocycles. The van der Waals surface area contributed by atoms with Crippen LogP contribution < -0.4 is 5.73 Å². The number of anilines is 1. The van der Waals surface area contributed by atoms with Crippen LogP contribution in [0.5, 0.6) is 0 Å². The first-order valence-corrected chi connectivity index (χ1v) is 8.55. The lowest BCUT2D eigenvalue weighted by Gasteiger charge is -2.12. The number of rotatable bonds is 3. The van der Waals surface area contributed by atoms with Crippen molar-refractivity contribution in [1.82, 2.24) is 4.98 Å². The molecule has 0 aliphatic heterocycles. The van der Waals surface area contributed by atoms with Crippen LogP contribution in [0.3, 0.4) is 0 Å². The first-order valence-electron chi connectivity index (χ1n) is 7.79. The van der Waals surface area contributed by atoms with E-state index in [0.29, 0.717) is 38.0 Å². The zero-order chi connectivity index (χ0) is 19.6. The molecule has 0 amide bonds. The molecule has 0 saturated carbocycles. The zero-order valence-electron chi connectivity index (χ0n) is 14.2. The van der Waals surface area contributed by atoms with E-state index < -0.39 is 5.97 Å². The number of nitrogens with two attached hydrogens (primary N) is 1. The van der Waals surface area contributed by atoms with Gasteiger partial charge in [-0.15, -0.1) is 0 Å². The van der Waals surface area contributed by atoms with E-state index in [9.17, 15) is 10.1 Å². The van der Waals surface area contributed by atoms with Gasteiger partial charge in [0.1, 0.15) is 17.5 Å². The van der Waals surface area contributed by atoms with E-state index in [4.69, 9.17) is 33.7 Å². The lowest BCUT2D eigenvalue weighted by Crippen LogP contribution is -2.02. The van der Waals surface area contributed by atoms with Crippen LogP contribution in [0.25, 0.3) is 22.4 Å².